The predicted octanol–water partition coefficient (Wildman–Crippen LogP) is 6.72. The summed E-state index contributed by atoms with van der Waals surface area (Å²) in [7, 11) is 0. The molecule has 0 heterocycles. The van der Waals surface area contributed by atoms with Crippen molar-refractivity contribution in [1.82, 2.24) is 0 Å². The Kier molecular flexibility index (Phi) is 10.9. The summed E-state index contributed by atoms with van der Waals surface area (Å²) in [5, 5.41) is 0. The Hall–Kier alpha value is -1.57. The second-order valence-corrected chi connectivity index (χ2v) is 6.61. The molecule has 0 aromatic heterocycles. The first-order valence-corrected chi connectivity index (χ1v) is 9.59. The van der Waals surface area contributed by atoms with Crippen LogP contribution in [0.3, 0.4) is 0 Å². The van der Waals surface area contributed by atoms with E-state index in [1.807, 2.05) is 25.1 Å². The minimum absolute atomic E-state index is 0.235. The molecular formula is C22H34O2. The lowest BCUT2D eigenvalue weighted by molar-refractivity contribution is 0.0497. The fourth-order valence-electron chi connectivity index (χ4n) is 2.87. The van der Waals surface area contributed by atoms with E-state index in [-0.39, 0.29) is 5.97 Å². The molecule has 0 amide bonds. The van der Waals surface area contributed by atoms with Crippen LogP contribution in [0.15, 0.2) is 24.8 Å². The summed E-state index contributed by atoms with van der Waals surface area (Å²) in [6, 6.07) is 5.72. The minimum atomic E-state index is -0.235. The number of unbranched alkanes of at least 4 members (excludes halogenated alkanes) is 9. The van der Waals surface area contributed by atoms with Crippen LogP contribution in [-0.4, -0.2) is 12.6 Å². The molecule has 0 fully saturated rings. The van der Waals surface area contributed by atoms with Gasteiger partial charge in [-0.15, -0.1) is 0 Å². The Labute approximate surface area is 148 Å². The second kappa shape index (κ2) is 12.8. The molecule has 2 nitrogen and oxygen atoms in total. The summed E-state index contributed by atoms with van der Waals surface area (Å²) in [4.78, 5) is 12.1. The molecule has 0 aliphatic heterocycles. The van der Waals surface area contributed by atoms with Gasteiger partial charge in [0.2, 0.25) is 0 Å². The summed E-state index contributed by atoms with van der Waals surface area (Å²) in [5.41, 5.74) is 2.59. The molecule has 1 aromatic carbocycles. The van der Waals surface area contributed by atoms with Crippen molar-refractivity contribution in [1.29, 1.82) is 0 Å². The van der Waals surface area contributed by atoms with Gasteiger partial charge in [-0.05, 0) is 25.0 Å². The molecule has 0 saturated carbocycles. The van der Waals surface area contributed by atoms with Crippen molar-refractivity contribution in [3.63, 3.8) is 0 Å². The third kappa shape index (κ3) is 8.33. The number of aryl methyl sites for hydroxylation is 1. The fraction of sp³-hybridized carbons (Fsp3) is 0.591. The van der Waals surface area contributed by atoms with Crippen LogP contribution >= 0.6 is 0 Å². The lowest BCUT2D eigenvalue weighted by Crippen LogP contribution is -2.08. The van der Waals surface area contributed by atoms with Crippen LogP contribution in [0, 0.1) is 6.92 Å². The number of carbonyl (C=O) groups excluding carboxylic acids is 1. The number of esters is 1. The molecule has 0 N–H and O–H groups in total. The highest BCUT2D eigenvalue weighted by Gasteiger charge is 2.10. The van der Waals surface area contributed by atoms with Gasteiger partial charge in [0.1, 0.15) is 0 Å². The molecule has 0 radical (unpaired) electrons. The summed E-state index contributed by atoms with van der Waals surface area (Å²) in [6.07, 6.45) is 14.5. The van der Waals surface area contributed by atoms with Crippen LogP contribution in [0.5, 0.6) is 0 Å². The molecule has 0 aliphatic rings. The van der Waals surface area contributed by atoms with Gasteiger partial charge in [-0.3, -0.25) is 0 Å². The summed E-state index contributed by atoms with van der Waals surface area (Å²) in [6.45, 7) is 8.54. The highest BCUT2D eigenvalue weighted by atomic mass is 16.5. The quantitative estimate of drug-likeness (QED) is 0.296. The third-order valence-corrected chi connectivity index (χ3v) is 4.38. The second-order valence-electron chi connectivity index (χ2n) is 6.61. The Morgan fingerprint density at radius 3 is 2.17 bits per heavy atom. The lowest BCUT2D eigenvalue weighted by atomic mass is 10.0. The van der Waals surface area contributed by atoms with Crippen molar-refractivity contribution in [3.8, 4) is 0 Å². The maximum absolute atomic E-state index is 12.1. The van der Waals surface area contributed by atoms with Crippen molar-refractivity contribution in [3.05, 3.63) is 41.5 Å². The average Bonchev–Trinajstić information content (AvgIpc) is 2.59. The van der Waals surface area contributed by atoms with Crippen molar-refractivity contribution >= 4 is 12.0 Å². The molecule has 0 atom stereocenters. The summed E-state index contributed by atoms with van der Waals surface area (Å²) in [5.74, 6) is -0.235. The average molecular weight is 331 g/mol. The molecule has 134 valence electrons. The van der Waals surface area contributed by atoms with E-state index >= 15 is 0 Å². The van der Waals surface area contributed by atoms with E-state index in [4.69, 9.17) is 4.74 Å². The Balaban J connectivity index is 2.09. The molecule has 1 rings (SSSR count). The van der Waals surface area contributed by atoms with Gasteiger partial charge in [-0.25, -0.2) is 4.79 Å². The van der Waals surface area contributed by atoms with Gasteiger partial charge in [0.15, 0.2) is 0 Å². The number of rotatable bonds is 13. The first-order chi connectivity index (χ1) is 11.7. The maximum Gasteiger partial charge on any atom is 0.338 e. The Morgan fingerprint density at radius 1 is 1.00 bits per heavy atom. The first kappa shape index (κ1) is 20.5. The molecule has 1 aromatic rings. The SMILES string of the molecule is C=Cc1cc(C)ccc1C(=O)OCCCCCCCCCCCC. The van der Waals surface area contributed by atoms with Gasteiger partial charge >= 0.3 is 5.97 Å². The topological polar surface area (TPSA) is 26.3 Å². The zero-order valence-corrected chi connectivity index (χ0v) is 15.6. The fourth-order valence-corrected chi connectivity index (χ4v) is 2.87. The zero-order chi connectivity index (χ0) is 17.6. The molecule has 2 heteroatoms. The third-order valence-electron chi connectivity index (χ3n) is 4.38. The first-order valence-electron chi connectivity index (χ1n) is 9.59. The van der Waals surface area contributed by atoms with Gasteiger partial charge in [-0.2, -0.15) is 0 Å². The lowest BCUT2D eigenvalue weighted by Gasteiger charge is -2.08. The Morgan fingerprint density at radius 2 is 1.58 bits per heavy atom. The molecule has 0 spiro atoms. The van der Waals surface area contributed by atoms with Crippen LogP contribution in [0.4, 0.5) is 0 Å². The molecule has 0 saturated heterocycles. The predicted molar refractivity (Wildman–Crippen MR) is 103 cm³/mol. The number of benzene rings is 1. The van der Waals surface area contributed by atoms with Crippen molar-refractivity contribution in [2.45, 2.75) is 78.1 Å². The monoisotopic (exact) mass is 330 g/mol. The zero-order valence-electron chi connectivity index (χ0n) is 15.6. The van der Waals surface area contributed by atoms with Crippen molar-refractivity contribution < 1.29 is 9.53 Å². The Bertz CT molecular complexity index is 491. The van der Waals surface area contributed by atoms with E-state index in [0.29, 0.717) is 12.2 Å². The molecule has 0 aliphatic carbocycles. The van der Waals surface area contributed by atoms with E-state index in [2.05, 4.69) is 13.5 Å². The molecule has 0 unspecified atom stereocenters. The standard InChI is InChI=1S/C22H34O2/c1-4-6-7-8-9-10-11-12-13-14-17-24-22(23)21-16-15-19(3)18-20(21)5-2/h5,15-16,18H,2,4,6-14,17H2,1,3H3. The van der Waals surface area contributed by atoms with Crippen molar-refractivity contribution in [2.75, 3.05) is 6.61 Å². The van der Waals surface area contributed by atoms with Gasteiger partial charge in [0.05, 0.1) is 12.2 Å². The van der Waals surface area contributed by atoms with E-state index in [0.717, 1.165) is 24.0 Å². The normalized spacial score (nSPS) is 10.6. The van der Waals surface area contributed by atoms with Crippen LogP contribution < -0.4 is 0 Å². The van der Waals surface area contributed by atoms with Crippen LogP contribution in [0.1, 0.15) is 92.6 Å². The molecular weight excluding hydrogens is 296 g/mol. The largest absolute Gasteiger partial charge is 0.462 e. The summed E-state index contributed by atoms with van der Waals surface area (Å²) < 4.78 is 5.40. The molecule has 24 heavy (non-hydrogen) atoms. The highest BCUT2D eigenvalue weighted by molar-refractivity contribution is 5.93. The minimum Gasteiger partial charge on any atom is -0.462 e. The van der Waals surface area contributed by atoms with Gasteiger partial charge in [0.25, 0.3) is 0 Å². The van der Waals surface area contributed by atoms with Gasteiger partial charge in [0, 0.05) is 0 Å². The van der Waals surface area contributed by atoms with Gasteiger partial charge < -0.3 is 4.74 Å². The highest BCUT2D eigenvalue weighted by Crippen LogP contribution is 2.15. The van der Waals surface area contributed by atoms with Crippen LogP contribution in [-0.2, 0) is 4.74 Å². The number of hydrogen-bond donors (Lipinski definition) is 0. The van der Waals surface area contributed by atoms with Crippen LogP contribution in [0.2, 0.25) is 0 Å². The number of carbonyl (C=O) groups is 1. The van der Waals surface area contributed by atoms with Crippen LogP contribution in [0.25, 0.3) is 6.08 Å². The van der Waals surface area contributed by atoms with E-state index in [1.54, 1.807) is 6.08 Å². The van der Waals surface area contributed by atoms with E-state index < -0.39 is 0 Å². The van der Waals surface area contributed by atoms with Gasteiger partial charge in [-0.1, -0.05) is 95.1 Å². The maximum atomic E-state index is 12.1. The number of ether oxygens (including phenoxy) is 1. The van der Waals surface area contributed by atoms with Crippen molar-refractivity contribution in [2.24, 2.45) is 0 Å². The summed E-state index contributed by atoms with van der Waals surface area (Å²) >= 11 is 0. The van der Waals surface area contributed by atoms with E-state index in [1.165, 1.54) is 51.4 Å². The smallest absolute Gasteiger partial charge is 0.338 e. The number of hydrogen-bond acceptors (Lipinski definition) is 2. The molecule has 0 bridgehead atoms. The van der Waals surface area contributed by atoms with E-state index in [9.17, 15) is 4.79 Å².